The van der Waals surface area contributed by atoms with Gasteiger partial charge >= 0.3 is 5.97 Å². The van der Waals surface area contributed by atoms with Gasteiger partial charge in [-0.1, -0.05) is 31.2 Å². The number of Topliss-reactive ketones (excluding diaryl/α,β-unsaturated/α-hetero) is 1. The fraction of sp³-hybridized carbons (Fsp3) is 0.120. The second-order valence-electron chi connectivity index (χ2n) is 7.35. The van der Waals surface area contributed by atoms with Gasteiger partial charge in [0.2, 0.25) is 34.9 Å². The molecule has 0 aromatic heterocycles. The molecular weight excluding hydrogens is 475 g/mol. The molecule has 1 aliphatic heterocycles. The molecule has 180 valence electrons. The molecule has 0 saturated heterocycles. The molecule has 5 nitrogen and oxygen atoms in total. The molecule has 3 aromatic rings. The monoisotopic (exact) mass is 490 g/mol. The van der Waals surface area contributed by atoms with E-state index in [0.29, 0.717) is 0 Å². The summed E-state index contributed by atoms with van der Waals surface area (Å²) < 4.78 is 81.8. The minimum absolute atomic E-state index is 0.0578. The van der Waals surface area contributed by atoms with Crippen LogP contribution in [0.15, 0.2) is 48.2 Å². The molecule has 0 atom stereocenters. The van der Waals surface area contributed by atoms with Crippen LogP contribution in [-0.2, 0) is 11.2 Å². The van der Waals surface area contributed by atoms with Crippen molar-refractivity contribution >= 4 is 17.8 Å². The molecule has 35 heavy (non-hydrogen) atoms. The summed E-state index contributed by atoms with van der Waals surface area (Å²) in [6, 6.07) is 11.4. The van der Waals surface area contributed by atoms with Crippen molar-refractivity contribution in [3.05, 3.63) is 94.0 Å². The quantitative estimate of drug-likeness (QED) is 0.113. The van der Waals surface area contributed by atoms with Crippen molar-refractivity contribution in [2.24, 2.45) is 0 Å². The molecule has 0 radical (unpaired) electrons. The number of carbonyl (C=O) groups excluding carboxylic acids is 2. The Morgan fingerprint density at radius 2 is 1.54 bits per heavy atom. The third-order valence-corrected chi connectivity index (χ3v) is 5.06. The molecule has 0 bridgehead atoms. The topological polar surface area (TPSA) is 61.8 Å². The van der Waals surface area contributed by atoms with Crippen LogP contribution >= 0.6 is 0 Å². The summed E-state index contributed by atoms with van der Waals surface area (Å²) in [7, 11) is 0. The molecule has 0 unspecified atom stereocenters. The van der Waals surface area contributed by atoms with Crippen LogP contribution < -0.4 is 14.2 Å². The average molecular weight is 490 g/mol. The van der Waals surface area contributed by atoms with Crippen LogP contribution in [0.5, 0.6) is 17.2 Å². The highest BCUT2D eigenvalue weighted by Gasteiger charge is 2.29. The molecule has 0 spiro atoms. The highest BCUT2D eigenvalue weighted by atomic mass is 19.2. The van der Waals surface area contributed by atoms with Crippen LogP contribution in [0.1, 0.15) is 28.4 Å². The summed E-state index contributed by atoms with van der Waals surface area (Å²) in [4.78, 5) is 24.6. The largest absolute Gasteiger partial charge is 0.476 e. The van der Waals surface area contributed by atoms with Gasteiger partial charge in [0.1, 0.15) is 11.5 Å². The van der Waals surface area contributed by atoms with Crippen molar-refractivity contribution < 1.29 is 45.8 Å². The van der Waals surface area contributed by atoms with Crippen molar-refractivity contribution in [1.29, 1.82) is 0 Å². The van der Waals surface area contributed by atoms with Gasteiger partial charge in [-0.3, -0.25) is 4.79 Å². The molecular formula is C25H15F5O5. The Labute approximate surface area is 195 Å². The second-order valence-corrected chi connectivity index (χ2v) is 7.35. The zero-order valence-electron chi connectivity index (χ0n) is 18.0. The standard InChI is InChI=1S/C25H15F5O5/c1-2-12-3-5-13(6-4-12)9-17-24(32)15-8-7-14(10-16(15)35-17)34-18(31)11-33-25-22(29)20(27)19(26)21(28)23(25)30/h3-10H,2,11H2,1H3/b17-9-. The van der Waals surface area contributed by atoms with Crippen molar-refractivity contribution in [1.82, 2.24) is 0 Å². The molecule has 10 heteroatoms. The predicted molar refractivity (Wildman–Crippen MR) is 113 cm³/mol. The second kappa shape index (κ2) is 9.57. The predicted octanol–water partition coefficient (Wildman–Crippen LogP) is 5.55. The van der Waals surface area contributed by atoms with E-state index in [0.717, 1.165) is 17.5 Å². The van der Waals surface area contributed by atoms with E-state index in [-0.39, 0.29) is 28.6 Å². The number of aryl methyl sites for hydroxylation is 1. The maximum absolute atomic E-state index is 13.6. The van der Waals surface area contributed by atoms with Gasteiger partial charge in [0.25, 0.3) is 0 Å². The van der Waals surface area contributed by atoms with Crippen LogP contribution in [0.2, 0.25) is 0 Å². The number of esters is 1. The van der Waals surface area contributed by atoms with Crippen LogP contribution in [0.25, 0.3) is 6.08 Å². The number of halogens is 5. The van der Waals surface area contributed by atoms with Gasteiger partial charge in [-0.05, 0) is 35.8 Å². The first-order valence-electron chi connectivity index (χ1n) is 10.2. The molecule has 0 N–H and O–H groups in total. The molecule has 0 saturated carbocycles. The van der Waals surface area contributed by atoms with Gasteiger partial charge in [-0.15, -0.1) is 0 Å². The normalized spacial score (nSPS) is 13.5. The molecule has 3 aromatic carbocycles. The van der Waals surface area contributed by atoms with E-state index in [4.69, 9.17) is 9.47 Å². The first-order chi connectivity index (χ1) is 16.7. The maximum atomic E-state index is 13.6. The Hall–Kier alpha value is -4.21. The lowest BCUT2D eigenvalue weighted by Crippen LogP contribution is -2.19. The highest BCUT2D eigenvalue weighted by Crippen LogP contribution is 2.35. The van der Waals surface area contributed by atoms with Crippen molar-refractivity contribution in [3.8, 4) is 17.2 Å². The lowest BCUT2D eigenvalue weighted by atomic mass is 10.1. The number of allylic oxidation sites excluding steroid dienone is 1. The van der Waals surface area contributed by atoms with Crippen LogP contribution in [0.3, 0.4) is 0 Å². The number of rotatable bonds is 6. The average Bonchev–Trinajstić information content (AvgIpc) is 3.16. The zero-order chi connectivity index (χ0) is 25.3. The van der Waals surface area contributed by atoms with Crippen molar-refractivity contribution in [3.63, 3.8) is 0 Å². The Morgan fingerprint density at radius 3 is 2.17 bits per heavy atom. The number of fused-ring (bicyclic) bond motifs is 1. The Morgan fingerprint density at radius 1 is 0.914 bits per heavy atom. The summed E-state index contributed by atoms with van der Waals surface area (Å²) in [5, 5.41) is 0. The molecule has 1 aliphatic rings. The highest BCUT2D eigenvalue weighted by molar-refractivity contribution is 6.14. The maximum Gasteiger partial charge on any atom is 0.349 e. The fourth-order valence-corrected chi connectivity index (χ4v) is 3.24. The van der Waals surface area contributed by atoms with Gasteiger partial charge in [0.15, 0.2) is 18.1 Å². The van der Waals surface area contributed by atoms with E-state index >= 15 is 0 Å². The van der Waals surface area contributed by atoms with E-state index < -0.39 is 47.4 Å². The molecule has 1 heterocycles. The number of carbonyl (C=O) groups is 2. The molecule has 0 amide bonds. The third-order valence-electron chi connectivity index (χ3n) is 5.06. The summed E-state index contributed by atoms with van der Waals surface area (Å²) in [6.07, 6.45) is 2.43. The minimum Gasteiger partial charge on any atom is -0.476 e. The number of ketones is 1. The summed E-state index contributed by atoms with van der Waals surface area (Å²) >= 11 is 0. The summed E-state index contributed by atoms with van der Waals surface area (Å²) in [6.45, 7) is 0.858. The van der Waals surface area contributed by atoms with Crippen molar-refractivity contribution in [2.75, 3.05) is 6.61 Å². The number of benzene rings is 3. The van der Waals surface area contributed by atoms with Crippen LogP contribution in [-0.4, -0.2) is 18.4 Å². The molecule has 4 rings (SSSR count). The van der Waals surface area contributed by atoms with E-state index in [9.17, 15) is 31.5 Å². The van der Waals surface area contributed by atoms with Gasteiger partial charge in [-0.2, -0.15) is 8.78 Å². The van der Waals surface area contributed by atoms with E-state index in [2.05, 4.69) is 4.74 Å². The van der Waals surface area contributed by atoms with Gasteiger partial charge in [-0.25, -0.2) is 18.0 Å². The fourth-order valence-electron chi connectivity index (χ4n) is 3.24. The zero-order valence-corrected chi connectivity index (χ0v) is 18.0. The van der Waals surface area contributed by atoms with Gasteiger partial charge < -0.3 is 14.2 Å². The third kappa shape index (κ3) is 4.72. The van der Waals surface area contributed by atoms with Crippen LogP contribution in [0.4, 0.5) is 22.0 Å². The summed E-state index contributed by atoms with van der Waals surface area (Å²) in [5.74, 6) is -14.3. The molecule has 0 fully saturated rings. The van der Waals surface area contributed by atoms with E-state index in [1.165, 1.54) is 18.2 Å². The Balaban J connectivity index is 1.44. The first-order valence-corrected chi connectivity index (χ1v) is 10.2. The number of hydrogen-bond acceptors (Lipinski definition) is 5. The van der Waals surface area contributed by atoms with Crippen molar-refractivity contribution in [2.45, 2.75) is 13.3 Å². The van der Waals surface area contributed by atoms with E-state index in [1.54, 1.807) is 6.08 Å². The Kier molecular flexibility index (Phi) is 6.54. The molecule has 0 aliphatic carbocycles. The first kappa shape index (κ1) is 23.9. The van der Waals surface area contributed by atoms with Gasteiger partial charge in [0, 0.05) is 6.07 Å². The SMILES string of the molecule is CCc1ccc(/C=C2\Oc3cc(OC(=O)COc4c(F)c(F)c(F)c(F)c4F)ccc3C2=O)cc1. The van der Waals surface area contributed by atoms with Gasteiger partial charge in [0.05, 0.1) is 5.56 Å². The smallest absolute Gasteiger partial charge is 0.349 e. The van der Waals surface area contributed by atoms with E-state index in [1.807, 2.05) is 31.2 Å². The number of hydrogen-bond donors (Lipinski definition) is 0. The Bertz CT molecular complexity index is 1340. The van der Waals surface area contributed by atoms with Crippen LogP contribution in [0, 0.1) is 29.1 Å². The summed E-state index contributed by atoms with van der Waals surface area (Å²) in [5.41, 5.74) is 2.10. The lowest BCUT2D eigenvalue weighted by Gasteiger charge is -2.10. The minimum atomic E-state index is -2.35. The number of ether oxygens (including phenoxy) is 3. The lowest BCUT2D eigenvalue weighted by molar-refractivity contribution is -0.136.